The van der Waals surface area contributed by atoms with Gasteiger partial charge in [-0.3, -0.25) is 24.6 Å². The third-order valence-electron chi connectivity index (χ3n) is 2.91. The van der Waals surface area contributed by atoms with Gasteiger partial charge in [0, 0.05) is 10.2 Å². The van der Waals surface area contributed by atoms with Crippen molar-refractivity contribution in [3.8, 4) is 0 Å². The predicted molar refractivity (Wildman–Crippen MR) is 77.0 cm³/mol. The topological polar surface area (TPSA) is 78.5 Å². The minimum Gasteiger partial charge on any atom is -0.324 e. The van der Waals surface area contributed by atoms with E-state index in [1.54, 1.807) is 25.1 Å². The zero-order valence-electron chi connectivity index (χ0n) is 10.9. The normalized spacial score (nSPS) is 19.1. The molecule has 7 heteroatoms. The van der Waals surface area contributed by atoms with Crippen molar-refractivity contribution < 1.29 is 14.4 Å². The molecule has 0 radical (unpaired) electrons. The molecule has 1 aliphatic heterocycles. The van der Waals surface area contributed by atoms with Crippen LogP contribution in [0.1, 0.15) is 6.92 Å². The standard InChI is InChI=1S/C13H14BrN3O3/c1-8-13(20)17(12(19)6-15-8)7-11(18)16-10-4-2-3-9(14)5-10/h2-5,8,15H,6-7H2,1H3,(H,16,18). The number of rotatable bonds is 3. The summed E-state index contributed by atoms with van der Waals surface area (Å²) in [6.45, 7) is 1.46. The Kier molecular flexibility index (Phi) is 4.51. The molecule has 2 N–H and O–H groups in total. The number of halogens is 1. The summed E-state index contributed by atoms with van der Waals surface area (Å²) in [5.74, 6) is -1.18. The number of nitrogens with one attached hydrogen (secondary N) is 2. The highest BCUT2D eigenvalue weighted by molar-refractivity contribution is 9.10. The van der Waals surface area contributed by atoms with Crippen LogP contribution in [0.2, 0.25) is 0 Å². The lowest BCUT2D eigenvalue weighted by Gasteiger charge is -2.29. The number of imide groups is 1. The molecule has 2 rings (SSSR count). The Hall–Kier alpha value is -1.73. The van der Waals surface area contributed by atoms with Crippen molar-refractivity contribution in [2.24, 2.45) is 0 Å². The van der Waals surface area contributed by atoms with Crippen LogP contribution in [-0.4, -0.2) is 41.8 Å². The molecule has 0 spiro atoms. The number of hydrogen-bond acceptors (Lipinski definition) is 4. The van der Waals surface area contributed by atoms with Gasteiger partial charge in [-0.05, 0) is 25.1 Å². The predicted octanol–water partition coefficient (Wildman–Crippen LogP) is 0.735. The van der Waals surface area contributed by atoms with Gasteiger partial charge < -0.3 is 5.32 Å². The number of piperazine rings is 1. The molecule has 1 atom stereocenters. The molecule has 106 valence electrons. The van der Waals surface area contributed by atoms with Crippen LogP contribution in [0.3, 0.4) is 0 Å². The summed E-state index contributed by atoms with van der Waals surface area (Å²) in [6.07, 6.45) is 0. The van der Waals surface area contributed by atoms with Gasteiger partial charge in [0.1, 0.15) is 6.54 Å². The summed E-state index contributed by atoms with van der Waals surface area (Å²) < 4.78 is 0.832. The molecule has 1 saturated heterocycles. The summed E-state index contributed by atoms with van der Waals surface area (Å²) >= 11 is 3.30. The largest absolute Gasteiger partial charge is 0.324 e. The second kappa shape index (κ2) is 6.15. The molecular formula is C13H14BrN3O3. The van der Waals surface area contributed by atoms with Crippen LogP contribution in [0.25, 0.3) is 0 Å². The quantitative estimate of drug-likeness (QED) is 0.796. The molecule has 20 heavy (non-hydrogen) atoms. The molecule has 0 aromatic heterocycles. The van der Waals surface area contributed by atoms with Gasteiger partial charge in [-0.15, -0.1) is 0 Å². The Morgan fingerprint density at radius 1 is 1.50 bits per heavy atom. The average molecular weight is 340 g/mol. The van der Waals surface area contributed by atoms with Gasteiger partial charge in [0.25, 0.3) is 0 Å². The van der Waals surface area contributed by atoms with E-state index in [1.807, 2.05) is 6.07 Å². The maximum absolute atomic E-state index is 11.9. The van der Waals surface area contributed by atoms with E-state index in [1.165, 1.54) is 0 Å². The number of hydrogen-bond donors (Lipinski definition) is 2. The fourth-order valence-electron chi connectivity index (χ4n) is 1.86. The average Bonchev–Trinajstić information content (AvgIpc) is 2.39. The Bertz CT molecular complexity index is 562. The Balaban J connectivity index is 2.00. The molecule has 1 heterocycles. The third kappa shape index (κ3) is 3.43. The first-order valence-corrected chi connectivity index (χ1v) is 6.89. The fourth-order valence-corrected chi connectivity index (χ4v) is 2.26. The van der Waals surface area contributed by atoms with E-state index in [9.17, 15) is 14.4 Å². The highest BCUT2D eigenvalue weighted by Crippen LogP contribution is 2.15. The lowest BCUT2D eigenvalue weighted by Crippen LogP contribution is -2.58. The van der Waals surface area contributed by atoms with Gasteiger partial charge in [-0.2, -0.15) is 0 Å². The Morgan fingerprint density at radius 3 is 2.95 bits per heavy atom. The van der Waals surface area contributed by atoms with Gasteiger partial charge in [-0.1, -0.05) is 22.0 Å². The molecule has 1 aliphatic rings. The first-order valence-electron chi connectivity index (χ1n) is 6.10. The SMILES string of the molecule is CC1NCC(=O)N(CC(=O)Nc2cccc(Br)c2)C1=O. The lowest BCUT2D eigenvalue weighted by atomic mass is 10.2. The highest BCUT2D eigenvalue weighted by atomic mass is 79.9. The zero-order valence-corrected chi connectivity index (χ0v) is 12.4. The van der Waals surface area contributed by atoms with Gasteiger partial charge in [0.15, 0.2) is 0 Å². The second-order valence-corrected chi connectivity index (χ2v) is 5.39. The van der Waals surface area contributed by atoms with Crippen molar-refractivity contribution in [3.05, 3.63) is 28.7 Å². The number of benzene rings is 1. The van der Waals surface area contributed by atoms with Crippen LogP contribution < -0.4 is 10.6 Å². The lowest BCUT2D eigenvalue weighted by molar-refractivity contribution is -0.150. The highest BCUT2D eigenvalue weighted by Gasteiger charge is 2.32. The van der Waals surface area contributed by atoms with E-state index in [0.29, 0.717) is 5.69 Å². The van der Waals surface area contributed by atoms with Crippen molar-refractivity contribution in [1.82, 2.24) is 10.2 Å². The summed E-state index contributed by atoms with van der Waals surface area (Å²) in [5, 5.41) is 5.41. The third-order valence-corrected chi connectivity index (χ3v) is 3.40. The van der Waals surface area contributed by atoms with E-state index >= 15 is 0 Å². The monoisotopic (exact) mass is 339 g/mol. The van der Waals surface area contributed by atoms with E-state index in [0.717, 1.165) is 9.37 Å². The van der Waals surface area contributed by atoms with E-state index in [-0.39, 0.29) is 19.0 Å². The number of carbonyl (C=O) groups is 3. The van der Waals surface area contributed by atoms with Crippen molar-refractivity contribution >= 4 is 39.3 Å². The van der Waals surface area contributed by atoms with Crippen molar-refractivity contribution in [1.29, 1.82) is 0 Å². The summed E-state index contributed by atoms with van der Waals surface area (Å²) in [4.78, 5) is 36.4. The van der Waals surface area contributed by atoms with Crippen molar-refractivity contribution in [3.63, 3.8) is 0 Å². The first kappa shape index (κ1) is 14.7. The van der Waals surface area contributed by atoms with Gasteiger partial charge in [-0.25, -0.2) is 0 Å². The van der Waals surface area contributed by atoms with Gasteiger partial charge >= 0.3 is 0 Å². The molecule has 1 unspecified atom stereocenters. The van der Waals surface area contributed by atoms with Crippen LogP contribution in [-0.2, 0) is 14.4 Å². The zero-order chi connectivity index (χ0) is 14.7. The first-order chi connectivity index (χ1) is 9.47. The summed E-state index contributed by atoms with van der Waals surface area (Å²) in [5.41, 5.74) is 0.604. The van der Waals surface area contributed by atoms with Crippen LogP contribution in [0.15, 0.2) is 28.7 Å². The molecule has 6 nitrogen and oxygen atoms in total. The second-order valence-electron chi connectivity index (χ2n) is 4.48. The molecule has 1 aromatic carbocycles. The van der Waals surface area contributed by atoms with Gasteiger partial charge in [0.05, 0.1) is 12.6 Å². The molecule has 1 fully saturated rings. The smallest absolute Gasteiger partial charge is 0.246 e. The fraction of sp³-hybridized carbons (Fsp3) is 0.308. The maximum Gasteiger partial charge on any atom is 0.246 e. The molecule has 0 saturated carbocycles. The molecule has 1 aromatic rings. The van der Waals surface area contributed by atoms with Crippen molar-refractivity contribution in [2.75, 3.05) is 18.4 Å². The Morgan fingerprint density at radius 2 is 2.25 bits per heavy atom. The van der Waals surface area contributed by atoms with Crippen LogP contribution >= 0.6 is 15.9 Å². The summed E-state index contributed by atoms with van der Waals surface area (Å²) in [6, 6.07) is 6.63. The van der Waals surface area contributed by atoms with Crippen LogP contribution in [0.4, 0.5) is 5.69 Å². The van der Waals surface area contributed by atoms with E-state index in [4.69, 9.17) is 0 Å². The maximum atomic E-state index is 11.9. The summed E-state index contributed by atoms with van der Waals surface area (Å²) in [7, 11) is 0. The minimum atomic E-state index is -0.452. The number of anilines is 1. The number of carbonyl (C=O) groups excluding carboxylic acids is 3. The Labute approximate surface area is 124 Å². The van der Waals surface area contributed by atoms with Gasteiger partial charge in [0.2, 0.25) is 17.7 Å². The minimum absolute atomic E-state index is 0.0665. The van der Waals surface area contributed by atoms with E-state index in [2.05, 4.69) is 26.6 Å². The van der Waals surface area contributed by atoms with Crippen LogP contribution in [0, 0.1) is 0 Å². The molecule has 0 aliphatic carbocycles. The van der Waals surface area contributed by atoms with Crippen molar-refractivity contribution in [2.45, 2.75) is 13.0 Å². The molecular weight excluding hydrogens is 326 g/mol. The van der Waals surface area contributed by atoms with E-state index < -0.39 is 17.9 Å². The molecule has 3 amide bonds. The molecule has 0 bridgehead atoms. The van der Waals surface area contributed by atoms with Crippen LogP contribution in [0.5, 0.6) is 0 Å². The number of amides is 3. The number of nitrogens with zero attached hydrogens (tertiary/aromatic N) is 1.